The van der Waals surface area contributed by atoms with E-state index in [2.05, 4.69) is 22.1 Å². The van der Waals surface area contributed by atoms with Crippen LogP contribution in [0.15, 0.2) is 63.2 Å². The van der Waals surface area contributed by atoms with E-state index in [0.29, 0.717) is 53.2 Å². The van der Waals surface area contributed by atoms with Gasteiger partial charge < -0.3 is 14.5 Å². The molecule has 178 valence electrons. The number of halogens is 2. The number of ether oxygens (including phenoxy) is 1. The summed E-state index contributed by atoms with van der Waals surface area (Å²) in [6.07, 6.45) is 2.23. The predicted octanol–water partition coefficient (Wildman–Crippen LogP) is 5.84. The molecule has 0 radical (unpaired) electrons. The molecule has 2 aliphatic heterocycles. The Kier molecular flexibility index (Phi) is 7.26. The first-order chi connectivity index (χ1) is 16.3. The van der Waals surface area contributed by atoms with Crippen molar-refractivity contribution in [1.82, 2.24) is 4.90 Å². The van der Waals surface area contributed by atoms with Crippen LogP contribution in [0.1, 0.15) is 32.3 Å². The topological polar surface area (TPSA) is 57.5 Å². The van der Waals surface area contributed by atoms with Crippen molar-refractivity contribution in [2.45, 2.75) is 32.3 Å². The number of aliphatic imine (C=N–C) groups is 1. The van der Waals surface area contributed by atoms with Gasteiger partial charge >= 0.3 is 0 Å². The average molecular weight is 517 g/mol. The quantitative estimate of drug-likeness (QED) is 0.182. The lowest BCUT2D eigenvalue weighted by atomic mass is 9.85. The van der Waals surface area contributed by atoms with Gasteiger partial charge in [0.15, 0.2) is 5.60 Å². The number of carbonyl (C=O) groups excluding carboxylic acids is 1. The standard InChI is InChI=1S/C25H26Cl2N4O2S/c1-16(15-32)24(28-17(2)30(3)20-9-6-8-19(26)22(20)27)31-13-11-25(12-14-31)23(29-34)18-7-4-5-10-21(18)33-25/h4-10,15,34H,11-14H2,1-3H3/b24-16+,28-17-,29-23+. The van der Waals surface area contributed by atoms with Crippen LogP contribution in [0.25, 0.3) is 0 Å². The number of fused-ring (bicyclic) bond motifs is 1. The number of benzene rings is 2. The van der Waals surface area contributed by atoms with Gasteiger partial charge in [0.05, 0.1) is 15.7 Å². The average Bonchev–Trinajstić information content (AvgIpc) is 3.16. The molecule has 0 amide bonds. The van der Waals surface area contributed by atoms with Gasteiger partial charge in [-0.1, -0.05) is 41.4 Å². The summed E-state index contributed by atoms with van der Waals surface area (Å²) in [4.78, 5) is 20.6. The van der Waals surface area contributed by atoms with Crippen LogP contribution < -0.4 is 9.64 Å². The minimum atomic E-state index is -0.522. The number of allylic oxidation sites excluding steroid dienone is 1. The molecule has 0 aliphatic carbocycles. The number of nitrogens with zero attached hydrogens (tertiary/aromatic N) is 4. The van der Waals surface area contributed by atoms with E-state index in [9.17, 15) is 4.79 Å². The molecule has 1 spiro atoms. The van der Waals surface area contributed by atoms with Gasteiger partial charge in [-0.2, -0.15) is 0 Å². The van der Waals surface area contributed by atoms with Gasteiger partial charge in [0.2, 0.25) is 0 Å². The summed E-state index contributed by atoms with van der Waals surface area (Å²) in [6.45, 7) is 4.96. The van der Waals surface area contributed by atoms with Crippen LogP contribution >= 0.6 is 36.0 Å². The molecule has 0 aromatic heterocycles. The lowest BCUT2D eigenvalue weighted by molar-refractivity contribution is -0.105. The van der Waals surface area contributed by atoms with Crippen molar-refractivity contribution in [3.8, 4) is 5.75 Å². The molecular formula is C25H26Cl2N4O2S. The van der Waals surface area contributed by atoms with Crippen LogP contribution in [0, 0.1) is 0 Å². The molecule has 4 rings (SSSR count). The molecule has 2 heterocycles. The molecule has 2 aliphatic rings. The maximum Gasteiger partial charge on any atom is 0.155 e. The number of thiol groups is 1. The van der Waals surface area contributed by atoms with Gasteiger partial charge in [-0.15, -0.1) is 0 Å². The van der Waals surface area contributed by atoms with Crippen LogP contribution in [-0.4, -0.2) is 48.5 Å². The molecular weight excluding hydrogens is 491 g/mol. The first-order valence-electron chi connectivity index (χ1n) is 11.0. The minimum absolute atomic E-state index is 0.454. The Morgan fingerprint density at radius 1 is 1.15 bits per heavy atom. The van der Waals surface area contributed by atoms with Crippen molar-refractivity contribution in [1.29, 1.82) is 0 Å². The number of hydrogen-bond acceptors (Lipinski definition) is 6. The molecule has 1 saturated heterocycles. The van der Waals surface area contributed by atoms with Crippen LogP contribution in [-0.2, 0) is 4.79 Å². The molecule has 0 saturated carbocycles. The molecule has 1 fully saturated rings. The van der Waals surface area contributed by atoms with Gasteiger partial charge in [0.1, 0.15) is 29.4 Å². The maximum atomic E-state index is 11.7. The Bertz CT molecular complexity index is 1200. The third-order valence-electron chi connectivity index (χ3n) is 6.42. The second-order valence-electron chi connectivity index (χ2n) is 8.44. The maximum absolute atomic E-state index is 11.7. The number of para-hydroxylation sites is 1. The predicted molar refractivity (Wildman–Crippen MR) is 143 cm³/mol. The van der Waals surface area contributed by atoms with Gasteiger partial charge in [-0.05, 0) is 50.9 Å². The highest BCUT2D eigenvalue weighted by Gasteiger charge is 2.47. The molecule has 2 aromatic carbocycles. The number of rotatable bonds is 4. The van der Waals surface area contributed by atoms with E-state index in [4.69, 9.17) is 32.9 Å². The zero-order chi connectivity index (χ0) is 24.5. The monoisotopic (exact) mass is 516 g/mol. The highest BCUT2D eigenvalue weighted by molar-refractivity contribution is 7.79. The number of anilines is 1. The van der Waals surface area contributed by atoms with E-state index in [-0.39, 0.29) is 0 Å². The van der Waals surface area contributed by atoms with Gasteiger partial charge in [0.25, 0.3) is 0 Å². The Morgan fingerprint density at radius 3 is 2.53 bits per heavy atom. The van der Waals surface area contributed by atoms with Gasteiger partial charge in [-0.3, -0.25) is 4.79 Å². The number of amidine groups is 1. The summed E-state index contributed by atoms with van der Waals surface area (Å²) < 4.78 is 10.7. The fourth-order valence-corrected chi connectivity index (χ4v) is 5.15. The Balaban J connectivity index is 1.58. The van der Waals surface area contributed by atoms with Crippen molar-refractivity contribution >= 4 is 59.5 Å². The van der Waals surface area contributed by atoms with E-state index < -0.39 is 5.60 Å². The minimum Gasteiger partial charge on any atom is -0.480 e. The summed E-state index contributed by atoms with van der Waals surface area (Å²) in [5.41, 5.74) is 2.62. The summed E-state index contributed by atoms with van der Waals surface area (Å²) in [6, 6.07) is 13.4. The van der Waals surface area contributed by atoms with Gasteiger partial charge in [-0.25, -0.2) is 9.39 Å². The normalized spacial score (nSPS) is 19.1. The van der Waals surface area contributed by atoms with Crippen LogP contribution in [0.4, 0.5) is 5.69 Å². The molecule has 0 unspecified atom stereocenters. The first kappa shape index (κ1) is 24.6. The number of piperidine rings is 1. The fourth-order valence-electron chi connectivity index (χ4n) is 4.43. The molecule has 2 aromatic rings. The summed E-state index contributed by atoms with van der Waals surface area (Å²) in [5.74, 6) is 2.15. The first-order valence-corrected chi connectivity index (χ1v) is 12.1. The number of hydrogen-bond donors (Lipinski definition) is 1. The molecule has 9 heteroatoms. The van der Waals surface area contributed by atoms with Crippen molar-refractivity contribution in [3.63, 3.8) is 0 Å². The van der Waals surface area contributed by atoms with E-state index in [1.165, 1.54) is 0 Å². The van der Waals surface area contributed by atoms with Crippen molar-refractivity contribution < 1.29 is 9.53 Å². The second kappa shape index (κ2) is 10.0. The molecule has 0 bridgehead atoms. The third kappa shape index (κ3) is 4.44. The highest BCUT2D eigenvalue weighted by Crippen LogP contribution is 2.42. The van der Waals surface area contributed by atoms with E-state index in [0.717, 1.165) is 29.0 Å². The number of likely N-dealkylation sites (tertiary alicyclic amines) is 1. The largest absolute Gasteiger partial charge is 0.480 e. The van der Waals surface area contributed by atoms with E-state index >= 15 is 0 Å². The van der Waals surface area contributed by atoms with Crippen molar-refractivity contribution in [3.05, 3.63) is 69.5 Å². The SMILES string of the molecule is C/C(=N/C(=C(/C)C=O)N1CCC2(CC1)Oc1ccccc1/C2=N\S)N(C)c1cccc(Cl)c1Cl. The molecule has 6 nitrogen and oxygen atoms in total. The number of aldehydes is 1. The molecule has 0 atom stereocenters. The van der Waals surface area contributed by atoms with Crippen molar-refractivity contribution in [2.24, 2.45) is 9.39 Å². The second-order valence-corrected chi connectivity index (χ2v) is 9.43. The van der Waals surface area contributed by atoms with Gasteiger partial charge in [0, 0.05) is 44.1 Å². The zero-order valence-corrected chi connectivity index (χ0v) is 21.7. The van der Waals surface area contributed by atoms with Crippen molar-refractivity contribution in [2.75, 3.05) is 25.0 Å². The Hall–Kier alpha value is -2.48. The van der Waals surface area contributed by atoms with E-state index in [1.807, 2.05) is 55.3 Å². The lowest BCUT2D eigenvalue weighted by Gasteiger charge is -2.40. The van der Waals surface area contributed by atoms with Crippen LogP contribution in [0.3, 0.4) is 0 Å². The summed E-state index contributed by atoms with van der Waals surface area (Å²) in [7, 11) is 1.87. The Morgan fingerprint density at radius 2 is 1.85 bits per heavy atom. The fraction of sp³-hybridized carbons (Fsp3) is 0.320. The third-order valence-corrected chi connectivity index (χ3v) is 7.43. The Labute approximate surface area is 215 Å². The van der Waals surface area contributed by atoms with E-state index in [1.54, 1.807) is 13.0 Å². The van der Waals surface area contributed by atoms with Crippen LogP contribution in [0.2, 0.25) is 10.0 Å². The number of carbonyl (C=O) groups is 1. The molecule has 34 heavy (non-hydrogen) atoms. The molecule has 0 N–H and O–H groups in total. The summed E-state index contributed by atoms with van der Waals surface area (Å²) >= 11 is 16.8. The summed E-state index contributed by atoms with van der Waals surface area (Å²) in [5, 5.41) is 0.925. The van der Waals surface area contributed by atoms with Crippen LogP contribution in [0.5, 0.6) is 5.75 Å². The lowest BCUT2D eigenvalue weighted by Crippen LogP contribution is -2.50. The highest BCUT2D eigenvalue weighted by atomic mass is 35.5. The smallest absolute Gasteiger partial charge is 0.155 e. The zero-order valence-electron chi connectivity index (χ0n) is 19.3.